The fraction of sp³-hybridized carbons (Fsp3) is 0.740. The first-order valence-corrected chi connectivity index (χ1v) is 40.5. The van der Waals surface area contributed by atoms with Gasteiger partial charge in [0.05, 0.1) is 26.4 Å². The number of esters is 4. The van der Waals surface area contributed by atoms with E-state index in [1.807, 2.05) is 12.2 Å². The molecule has 0 aliphatic rings. The zero-order valence-electron chi connectivity index (χ0n) is 60.3. The van der Waals surface area contributed by atoms with E-state index in [9.17, 15) is 43.2 Å². The quantitative estimate of drug-likeness (QED) is 0.0169. The Labute approximate surface area is 582 Å². The van der Waals surface area contributed by atoms with E-state index in [1.54, 1.807) is 0 Å². The maximum atomic E-state index is 13.1. The number of aliphatic hydroxyl groups is 1. The summed E-state index contributed by atoms with van der Waals surface area (Å²) in [6.07, 6.45) is 71.3. The minimum absolute atomic E-state index is 0.0807. The van der Waals surface area contributed by atoms with E-state index in [2.05, 4.69) is 113 Å². The average molecular weight is 1390 g/mol. The third kappa shape index (κ3) is 68.5. The van der Waals surface area contributed by atoms with Crippen LogP contribution in [0, 0.1) is 0 Å². The molecule has 0 aromatic carbocycles. The summed E-state index contributed by atoms with van der Waals surface area (Å²) in [4.78, 5) is 72.7. The molecule has 17 nitrogen and oxygen atoms in total. The third-order valence-corrected chi connectivity index (χ3v) is 17.4. The highest BCUT2D eigenvalue weighted by Gasteiger charge is 2.30. The predicted molar refractivity (Wildman–Crippen MR) is 390 cm³/mol. The molecule has 554 valence electrons. The second-order valence-electron chi connectivity index (χ2n) is 24.9. The summed E-state index contributed by atoms with van der Waals surface area (Å²) in [7, 11) is -9.96. The van der Waals surface area contributed by atoms with E-state index in [4.69, 9.17) is 37.0 Å². The highest BCUT2D eigenvalue weighted by Crippen LogP contribution is 2.45. The smallest absolute Gasteiger partial charge is 0.462 e. The molecule has 0 saturated carbocycles. The third-order valence-electron chi connectivity index (χ3n) is 15.5. The molecule has 0 fully saturated rings. The van der Waals surface area contributed by atoms with Crippen LogP contribution < -0.4 is 0 Å². The van der Waals surface area contributed by atoms with Crippen molar-refractivity contribution in [2.75, 3.05) is 39.6 Å². The molecule has 0 aliphatic heterocycles. The molecule has 5 atom stereocenters. The molecule has 0 spiro atoms. The Morgan fingerprint density at radius 3 is 0.958 bits per heavy atom. The number of carbonyl (C=O) groups excluding carboxylic acids is 4. The van der Waals surface area contributed by atoms with Gasteiger partial charge in [-0.25, -0.2) is 9.13 Å². The highest BCUT2D eigenvalue weighted by molar-refractivity contribution is 7.47. The van der Waals surface area contributed by atoms with Crippen LogP contribution in [0.3, 0.4) is 0 Å². The van der Waals surface area contributed by atoms with Gasteiger partial charge < -0.3 is 33.8 Å². The zero-order valence-corrected chi connectivity index (χ0v) is 62.1. The van der Waals surface area contributed by atoms with Gasteiger partial charge in [0.15, 0.2) is 12.2 Å². The first-order valence-electron chi connectivity index (χ1n) is 37.5. The van der Waals surface area contributed by atoms with Gasteiger partial charge in [-0.3, -0.25) is 37.3 Å². The molecule has 0 radical (unpaired) electrons. The number of ether oxygens (including phenoxy) is 4. The number of rotatable bonds is 70. The van der Waals surface area contributed by atoms with Crippen molar-refractivity contribution in [1.29, 1.82) is 0 Å². The van der Waals surface area contributed by atoms with Gasteiger partial charge in [-0.05, 0) is 109 Å². The normalized spacial score (nSPS) is 14.5. The van der Waals surface area contributed by atoms with Crippen LogP contribution in [-0.4, -0.2) is 96.7 Å². The number of allylic oxidation sites excluding steroid dienone is 16. The van der Waals surface area contributed by atoms with Crippen molar-refractivity contribution in [3.05, 3.63) is 97.2 Å². The summed E-state index contributed by atoms with van der Waals surface area (Å²) in [5.74, 6) is -2.26. The molecular formula is C77H134O17P2. The number of phosphoric acid groups is 2. The van der Waals surface area contributed by atoms with Crippen molar-refractivity contribution < 1.29 is 80.2 Å². The van der Waals surface area contributed by atoms with Crippen molar-refractivity contribution in [1.82, 2.24) is 0 Å². The lowest BCUT2D eigenvalue weighted by molar-refractivity contribution is -0.161. The van der Waals surface area contributed by atoms with Crippen LogP contribution >= 0.6 is 15.6 Å². The lowest BCUT2D eigenvalue weighted by atomic mass is 10.0. The van der Waals surface area contributed by atoms with Gasteiger partial charge in [0.25, 0.3) is 0 Å². The van der Waals surface area contributed by atoms with Crippen molar-refractivity contribution in [2.24, 2.45) is 0 Å². The minimum Gasteiger partial charge on any atom is -0.462 e. The van der Waals surface area contributed by atoms with Crippen molar-refractivity contribution in [2.45, 2.75) is 329 Å². The van der Waals surface area contributed by atoms with Gasteiger partial charge in [0.1, 0.15) is 19.3 Å². The van der Waals surface area contributed by atoms with E-state index in [-0.39, 0.29) is 25.7 Å². The fourth-order valence-electron chi connectivity index (χ4n) is 9.80. The van der Waals surface area contributed by atoms with Crippen LogP contribution in [0.5, 0.6) is 0 Å². The summed E-state index contributed by atoms with van der Waals surface area (Å²) in [5, 5.41) is 10.6. The van der Waals surface area contributed by atoms with E-state index >= 15 is 0 Å². The molecule has 19 heteroatoms. The number of phosphoric ester groups is 2. The van der Waals surface area contributed by atoms with Crippen molar-refractivity contribution in [3.63, 3.8) is 0 Å². The number of carbonyl (C=O) groups is 4. The lowest BCUT2D eigenvalue weighted by Gasteiger charge is -2.21. The number of unbranched alkanes of at least 4 members (excludes halogenated alkanes) is 28. The maximum Gasteiger partial charge on any atom is 0.472 e. The van der Waals surface area contributed by atoms with Gasteiger partial charge in [-0.1, -0.05) is 273 Å². The number of hydrogen-bond acceptors (Lipinski definition) is 15. The van der Waals surface area contributed by atoms with E-state index < -0.39 is 97.5 Å². The van der Waals surface area contributed by atoms with Crippen LogP contribution in [0.1, 0.15) is 310 Å². The summed E-state index contributed by atoms with van der Waals surface area (Å²) >= 11 is 0. The van der Waals surface area contributed by atoms with E-state index in [0.717, 1.165) is 148 Å². The second-order valence-corrected chi connectivity index (χ2v) is 27.8. The molecule has 3 N–H and O–H groups in total. The Bertz CT molecular complexity index is 2200. The number of hydrogen-bond donors (Lipinski definition) is 3. The van der Waals surface area contributed by atoms with Gasteiger partial charge in [-0.2, -0.15) is 0 Å². The van der Waals surface area contributed by atoms with Crippen LogP contribution in [0.15, 0.2) is 97.2 Å². The SMILES string of the molecule is CC/C=C\C/C=C\C/C=C\C/C=C\C/C=C\CCCC(=O)OCC(COP(=O)(O)OCC(O)COP(=O)(O)OCC(COC(=O)CCCCCCC/C=C\C/C=C\CCC)OC(=O)CCCCCCC/C=C\CCCC)OC(=O)CCCCCCCCCCCCCCCCC. The molecule has 5 unspecified atom stereocenters. The highest BCUT2D eigenvalue weighted by atomic mass is 31.2. The van der Waals surface area contributed by atoms with Crippen LogP contribution in [0.25, 0.3) is 0 Å². The van der Waals surface area contributed by atoms with Gasteiger partial charge in [0, 0.05) is 25.7 Å². The topological polar surface area (TPSA) is 237 Å². The standard InChI is InChI=1S/C77H134O17P2/c1-5-9-13-17-21-25-29-32-34-35-37-39-43-46-50-54-58-62-75(80)88-68-73(94-77(82)64-60-56-52-48-44-40-36-33-30-26-22-18-14-10-6-2)70-92-96(85,86)90-66-71(78)65-89-95(83,84)91-69-72(93-76(81)63-59-55-51-47-41-28-24-20-16-12-8-4)67-87-74(79)61-57-53-49-45-42-38-31-27-23-19-15-11-7-3/h9,13,15,19-21,24-25,27,31-32,34,37,39,46,50,71-73,78H,5-8,10-12,14,16-18,22-23,26,28-30,33,35-36,38,40-45,47-49,51-70H2,1-4H3,(H,83,84)(H,85,86)/b13-9-,19-15-,24-20-,25-21-,31-27-,34-32-,39-37-,50-46-. The van der Waals surface area contributed by atoms with Gasteiger partial charge in [-0.15, -0.1) is 0 Å². The maximum absolute atomic E-state index is 13.1. The Balaban J connectivity index is 5.37. The van der Waals surface area contributed by atoms with Gasteiger partial charge in [0.2, 0.25) is 0 Å². The Hall–Kier alpha value is -4.02. The van der Waals surface area contributed by atoms with Crippen LogP contribution in [0.4, 0.5) is 0 Å². The average Bonchev–Trinajstić information content (AvgIpc) is 2.18. The molecule has 0 saturated heterocycles. The largest absolute Gasteiger partial charge is 0.472 e. The molecule has 0 heterocycles. The number of aliphatic hydroxyl groups excluding tert-OH is 1. The fourth-order valence-corrected chi connectivity index (χ4v) is 11.4. The Morgan fingerprint density at radius 1 is 0.302 bits per heavy atom. The van der Waals surface area contributed by atoms with E-state index in [1.165, 1.54) is 77.0 Å². The summed E-state index contributed by atoms with van der Waals surface area (Å²) in [5.41, 5.74) is 0. The molecule has 0 amide bonds. The molecule has 0 aromatic rings. The van der Waals surface area contributed by atoms with Gasteiger partial charge >= 0.3 is 39.5 Å². The van der Waals surface area contributed by atoms with Crippen LogP contribution in [-0.2, 0) is 65.4 Å². The second kappa shape index (κ2) is 69.5. The monoisotopic (exact) mass is 1390 g/mol. The summed E-state index contributed by atoms with van der Waals surface area (Å²) in [6, 6.07) is 0. The first-order chi connectivity index (χ1) is 46.7. The predicted octanol–water partition coefficient (Wildman–Crippen LogP) is 21.2. The molecule has 0 bridgehead atoms. The van der Waals surface area contributed by atoms with E-state index in [0.29, 0.717) is 32.1 Å². The Morgan fingerprint density at radius 2 is 0.583 bits per heavy atom. The minimum atomic E-state index is -4.98. The van der Waals surface area contributed by atoms with Crippen molar-refractivity contribution >= 4 is 39.5 Å². The molecule has 0 aliphatic carbocycles. The Kier molecular flexibility index (Phi) is 66.6. The lowest BCUT2D eigenvalue weighted by Crippen LogP contribution is -2.30. The first kappa shape index (κ1) is 92.0. The molecule has 96 heavy (non-hydrogen) atoms. The van der Waals surface area contributed by atoms with Crippen molar-refractivity contribution in [3.8, 4) is 0 Å². The van der Waals surface area contributed by atoms with Crippen LogP contribution in [0.2, 0.25) is 0 Å². The molecular weight excluding hydrogens is 1260 g/mol. The zero-order chi connectivity index (χ0) is 70.4. The summed E-state index contributed by atoms with van der Waals surface area (Å²) in [6.45, 7) is 4.58. The molecule has 0 rings (SSSR count). The summed E-state index contributed by atoms with van der Waals surface area (Å²) < 4.78 is 68.3. The molecule has 0 aromatic heterocycles.